The van der Waals surface area contributed by atoms with E-state index in [0.717, 1.165) is 11.8 Å². The van der Waals surface area contributed by atoms with Crippen molar-refractivity contribution in [1.29, 1.82) is 0 Å². The van der Waals surface area contributed by atoms with Crippen LogP contribution in [0.1, 0.15) is 49.5 Å². The molecule has 2 N–H and O–H groups in total. The number of nitrogens with zero attached hydrogens (tertiary/aromatic N) is 1. The molecule has 39 heavy (non-hydrogen) atoms. The molecule has 0 unspecified atom stereocenters. The minimum Gasteiger partial charge on any atom is -0.477 e. The quantitative estimate of drug-likeness (QED) is 0.486. The number of sulfone groups is 1. The molecule has 0 aromatic heterocycles. The van der Waals surface area contributed by atoms with Crippen molar-refractivity contribution in [2.45, 2.75) is 56.6 Å². The smallest absolute Gasteiger partial charge is 0.264 e. The minimum absolute atomic E-state index is 0.111. The van der Waals surface area contributed by atoms with Crippen molar-refractivity contribution in [2.24, 2.45) is 5.92 Å². The van der Waals surface area contributed by atoms with Crippen LogP contribution in [-0.2, 0) is 25.8 Å². The second-order valence-electron chi connectivity index (χ2n) is 10.1. The largest absolute Gasteiger partial charge is 0.477 e. The zero-order chi connectivity index (χ0) is 29.0. The van der Waals surface area contributed by atoms with Crippen molar-refractivity contribution in [3.63, 3.8) is 0 Å². The standard InChI is InChI=1S/C28H36FN3O6S/c1-6-19-7-12-23(29)22(17-19)25(33)31-24(18(2)3)26(34)32-15-13-28(14-16-32,27(35)30-4)38-20-8-10-21(11-9-20)39(5,36)37/h7-12,17-18,24H,6,13-16H2,1-5H3,(H,30,35)(H,31,33)/t24-/m1/s1. The number of likely N-dealkylation sites (N-methyl/N-ethyl adjacent to an activating group) is 1. The number of carbonyl (C=O) groups excluding carboxylic acids is 3. The number of rotatable bonds is 9. The summed E-state index contributed by atoms with van der Waals surface area (Å²) in [5, 5.41) is 5.32. The number of amides is 3. The molecule has 0 aliphatic carbocycles. The summed E-state index contributed by atoms with van der Waals surface area (Å²) in [6, 6.07) is 9.28. The summed E-state index contributed by atoms with van der Waals surface area (Å²) in [6.07, 6.45) is 2.10. The van der Waals surface area contributed by atoms with E-state index in [9.17, 15) is 27.2 Å². The van der Waals surface area contributed by atoms with Crippen molar-refractivity contribution in [3.8, 4) is 5.75 Å². The summed E-state index contributed by atoms with van der Waals surface area (Å²) in [5.74, 6) is -1.94. The van der Waals surface area contributed by atoms with Gasteiger partial charge in [-0.2, -0.15) is 0 Å². The zero-order valence-corrected chi connectivity index (χ0v) is 23.7. The lowest BCUT2D eigenvalue weighted by Gasteiger charge is -2.41. The Bertz CT molecular complexity index is 1320. The highest BCUT2D eigenvalue weighted by Crippen LogP contribution is 2.30. The van der Waals surface area contributed by atoms with Crippen LogP contribution >= 0.6 is 0 Å². The van der Waals surface area contributed by atoms with Gasteiger partial charge in [0, 0.05) is 39.2 Å². The van der Waals surface area contributed by atoms with Gasteiger partial charge < -0.3 is 20.3 Å². The monoisotopic (exact) mass is 561 g/mol. The maximum Gasteiger partial charge on any atom is 0.264 e. The average molecular weight is 562 g/mol. The highest BCUT2D eigenvalue weighted by atomic mass is 32.2. The summed E-state index contributed by atoms with van der Waals surface area (Å²) in [6.45, 7) is 5.87. The minimum atomic E-state index is -3.38. The average Bonchev–Trinajstić information content (AvgIpc) is 2.91. The Balaban J connectivity index is 1.74. The highest BCUT2D eigenvalue weighted by Gasteiger charge is 2.45. The molecule has 2 aromatic carbocycles. The number of aryl methyl sites for hydroxylation is 1. The topological polar surface area (TPSA) is 122 Å². The van der Waals surface area contributed by atoms with Gasteiger partial charge in [-0.25, -0.2) is 12.8 Å². The Morgan fingerprint density at radius 1 is 1.08 bits per heavy atom. The van der Waals surface area contributed by atoms with Crippen molar-refractivity contribution in [3.05, 3.63) is 59.4 Å². The number of likely N-dealkylation sites (tertiary alicyclic amines) is 1. The predicted molar refractivity (Wildman–Crippen MR) is 145 cm³/mol. The molecule has 0 saturated carbocycles. The Kier molecular flexibility index (Phi) is 9.37. The number of benzene rings is 2. The first-order valence-electron chi connectivity index (χ1n) is 12.9. The number of hydrogen-bond acceptors (Lipinski definition) is 6. The predicted octanol–water partition coefficient (Wildman–Crippen LogP) is 2.73. The molecular weight excluding hydrogens is 525 g/mol. The fourth-order valence-electron chi connectivity index (χ4n) is 4.57. The highest BCUT2D eigenvalue weighted by molar-refractivity contribution is 7.90. The van der Waals surface area contributed by atoms with E-state index < -0.39 is 33.2 Å². The number of piperidine rings is 1. The summed E-state index contributed by atoms with van der Waals surface area (Å²) in [7, 11) is -1.89. The van der Waals surface area contributed by atoms with Crippen LogP contribution in [0, 0.1) is 11.7 Å². The maximum absolute atomic E-state index is 14.4. The lowest BCUT2D eigenvalue weighted by atomic mass is 9.89. The van der Waals surface area contributed by atoms with E-state index in [-0.39, 0.29) is 54.1 Å². The van der Waals surface area contributed by atoms with Gasteiger partial charge >= 0.3 is 0 Å². The van der Waals surface area contributed by atoms with E-state index in [1.54, 1.807) is 24.8 Å². The first-order chi connectivity index (χ1) is 18.3. The molecule has 3 amide bonds. The molecule has 1 aliphatic rings. The van der Waals surface area contributed by atoms with Gasteiger partial charge in [0.1, 0.15) is 17.6 Å². The number of carbonyl (C=O) groups is 3. The number of ether oxygens (including phenoxy) is 1. The van der Waals surface area contributed by atoms with E-state index >= 15 is 0 Å². The van der Waals surface area contributed by atoms with Crippen molar-refractivity contribution >= 4 is 27.6 Å². The van der Waals surface area contributed by atoms with Crippen LogP contribution in [0.25, 0.3) is 0 Å². The summed E-state index contributed by atoms with van der Waals surface area (Å²) >= 11 is 0. The van der Waals surface area contributed by atoms with Crippen molar-refractivity contribution in [2.75, 3.05) is 26.4 Å². The van der Waals surface area contributed by atoms with E-state index in [0.29, 0.717) is 12.2 Å². The van der Waals surface area contributed by atoms with Gasteiger partial charge in [-0.15, -0.1) is 0 Å². The molecule has 0 bridgehead atoms. The van der Waals surface area contributed by atoms with Crippen molar-refractivity contribution < 1.29 is 31.9 Å². The Morgan fingerprint density at radius 2 is 1.69 bits per heavy atom. The number of halogens is 1. The van der Waals surface area contributed by atoms with Crippen LogP contribution in [0.2, 0.25) is 0 Å². The Morgan fingerprint density at radius 3 is 2.21 bits per heavy atom. The second-order valence-corrected chi connectivity index (χ2v) is 12.1. The first kappa shape index (κ1) is 30.1. The molecular formula is C28H36FN3O6S. The van der Waals surface area contributed by atoms with Crippen LogP contribution in [-0.4, -0.2) is 69.1 Å². The molecule has 1 saturated heterocycles. The molecule has 11 heteroatoms. The maximum atomic E-state index is 14.4. The van der Waals surface area contributed by atoms with Gasteiger partial charge in [0.05, 0.1) is 10.5 Å². The van der Waals surface area contributed by atoms with E-state index in [1.807, 2.05) is 6.92 Å². The van der Waals surface area contributed by atoms with E-state index in [2.05, 4.69) is 10.6 Å². The molecule has 3 rings (SSSR count). The third-order valence-electron chi connectivity index (χ3n) is 6.99. The molecule has 9 nitrogen and oxygen atoms in total. The molecule has 1 atom stereocenters. The second kappa shape index (κ2) is 12.1. The number of hydrogen-bond donors (Lipinski definition) is 2. The molecule has 0 spiro atoms. The van der Waals surface area contributed by atoms with Gasteiger partial charge in [-0.3, -0.25) is 14.4 Å². The molecule has 1 aliphatic heterocycles. The molecule has 1 heterocycles. The van der Waals surface area contributed by atoms with Gasteiger partial charge in [0.2, 0.25) is 5.91 Å². The molecule has 1 fully saturated rings. The SMILES string of the molecule is CCc1ccc(F)c(C(=O)N[C@@H](C(=O)N2CCC(Oc3ccc(S(C)(=O)=O)cc3)(C(=O)NC)CC2)C(C)C)c1. The van der Waals surface area contributed by atoms with Crippen LogP contribution in [0.5, 0.6) is 5.75 Å². The van der Waals surface area contributed by atoms with E-state index in [1.165, 1.54) is 43.4 Å². The van der Waals surface area contributed by atoms with E-state index in [4.69, 9.17) is 4.74 Å². The molecule has 0 radical (unpaired) electrons. The lowest BCUT2D eigenvalue weighted by Crippen LogP contribution is -2.60. The van der Waals surface area contributed by atoms with Gasteiger partial charge in [0.25, 0.3) is 11.8 Å². The van der Waals surface area contributed by atoms with Crippen LogP contribution in [0.15, 0.2) is 47.4 Å². The lowest BCUT2D eigenvalue weighted by molar-refractivity contribution is -0.147. The summed E-state index contributed by atoms with van der Waals surface area (Å²) in [5.41, 5.74) is -0.569. The van der Waals surface area contributed by atoms with Crippen LogP contribution in [0.3, 0.4) is 0 Å². The first-order valence-corrected chi connectivity index (χ1v) is 14.8. The van der Waals surface area contributed by atoms with Crippen LogP contribution < -0.4 is 15.4 Å². The zero-order valence-electron chi connectivity index (χ0n) is 22.9. The third-order valence-corrected chi connectivity index (χ3v) is 8.12. The Hall–Kier alpha value is -3.47. The normalized spacial score (nSPS) is 15.9. The van der Waals surface area contributed by atoms with Crippen LogP contribution in [0.4, 0.5) is 4.39 Å². The Labute approximate surface area is 229 Å². The third kappa shape index (κ3) is 6.95. The molecule has 212 valence electrons. The number of nitrogens with one attached hydrogen (secondary N) is 2. The van der Waals surface area contributed by atoms with Gasteiger partial charge in [0.15, 0.2) is 15.4 Å². The fraction of sp³-hybridized carbons (Fsp3) is 0.464. The fourth-order valence-corrected chi connectivity index (χ4v) is 5.20. The molecule has 2 aromatic rings. The summed E-state index contributed by atoms with van der Waals surface area (Å²) in [4.78, 5) is 41.0. The summed E-state index contributed by atoms with van der Waals surface area (Å²) < 4.78 is 44.0. The van der Waals surface area contributed by atoms with Gasteiger partial charge in [-0.1, -0.05) is 26.8 Å². The van der Waals surface area contributed by atoms with Gasteiger partial charge in [-0.05, 0) is 54.3 Å². The van der Waals surface area contributed by atoms with Crippen molar-refractivity contribution in [1.82, 2.24) is 15.5 Å².